The van der Waals surface area contributed by atoms with Gasteiger partial charge in [0.15, 0.2) is 0 Å². The highest BCUT2D eigenvalue weighted by atomic mass is 32.2. The third-order valence-corrected chi connectivity index (χ3v) is 5.40. The van der Waals surface area contributed by atoms with Crippen molar-refractivity contribution in [3.8, 4) is 0 Å². The molecule has 0 atom stereocenters. The van der Waals surface area contributed by atoms with E-state index >= 15 is 0 Å². The summed E-state index contributed by atoms with van der Waals surface area (Å²) in [5, 5.41) is 0. The molecule has 0 aromatic heterocycles. The van der Waals surface area contributed by atoms with E-state index in [1.54, 1.807) is 20.8 Å². The molecule has 6 nitrogen and oxygen atoms in total. The Morgan fingerprint density at radius 2 is 1.67 bits per heavy atom. The molecule has 1 saturated heterocycles. The summed E-state index contributed by atoms with van der Waals surface area (Å²) in [7, 11) is -3.50. The lowest BCUT2D eigenvalue weighted by Gasteiger charge is -2.35. The molecule has 1 heterocycles. The second-order valence-electron chi connectivity index (χ2n) is 6.75. The van der Waals surface area contributed by atoms with Crippen LogP contribution in [-0.2, 0) is 20.5 Å². The predicted molar refractivity (Wildman–Crippen MR) is 88.4 cm³/mol. The fourth-order valence-corrected chi connectivity index (χ4v) is 3.87. The maximum atomic E-state index is 12.9. The van der Waals surface area contributed by atoms with E-state index in [-0.39, 0.29) is 31.9 Å². The van der Waals surface area contributed by atoms with Gasteiger partial charge in [0.2, 0.25) is 10.0 Å². The molecule has 0 spiro atoms. The molecule has 8 heteroatoms. The Bertz CT molecular complexity index is 675. The third-order valence-electron chi connectivity index (χ3n) is 3.55. The van der Waals surface area contributed by atoms with Crippen molar-refractivity contribution >= 4 is 16.1 Å². The molecule has 1 aromatic carbocycles. The molecule has 1 amide bonds. The SMILES string of the molecule is CC(C)(C)OC(=O)N1CCN(S(=O)(=O)Cc2ccc(F)cc2)CC1. The van der Waals surface area contributed by atoms with Gasteiger partial charge in [-0.1, -0.05) is 12.1 Å². The van der Waals surface area contributed by atoms with Crippen LogP contribution in [0.5, 0.6) is 0 Å². The van der Waals surface area contributed by atoms with Gasteiger partial charge in [-0.25, -0.2) is 17.6 Å². The minimum atomic E-state index is -3.50. The number of hydrogen-bond donors (Lipinski definition) is 0. The maximum Gasteiger partial charge on any atom is 0.410 e. The van der Waals surface area contributed by atoms with E-state index < -0.39 is 27.5 Å². The van der Waals surface area contributed by atoms with Crippen molar-refractivity contribution in [3.63, 3.8) is 0 Å². The number of carbonyl (C=O) groups is 1. The lowest BCUT2D eigenvalue weighted by molar-refractivity contribution is 0.0192. The Kier molecular flexibility index (Phi) is 5.49. The van der Waals surface area contributed by atoms with Crippen LogP contribution in [0.2, 0.25) is 0 Å². The van der Waals surface area contributed by atoms with Crippen molar-refractivity contribution < 1.29 is 22.3 Å². The molecule has 2 rings (SSSR count). The van der Waals surface area contributed by atoms with Gasteiger partial charge in [-0.05, 0) is 38.5 Å². The zero-order chi connectivity index (χ0) is 18.0. The fraction of sp³-hybridized carbons (Fsp3) is 0.562. The molecule has 1 aliphatic heterocycles. The van der Waals surface area contributed by atoms with Crippen molar-refractivity contribution in [2.45, 2.75) is 32.1 Å². The molecule has 0 radical (unpaired) electrons. The standard InChI is InChI=1S/C16H23FN2O4S/c1-16(2,3)23-15(20)18-8-10-19(11-9-18)24(21,22)12-13-4-6-14(17)7-5-13/h4-7H,8-12H2,1-3H3. The first-order chi connectivity index (χ1) is 11.1. The average molecular weight is 358 g/mol. The van der Waals surface area contributed by atoms with Gasteiger partial charge in [-0.2, -0.15) is 4.31 Å². The van der Waals surface area contributed by atoms with Crippen molar-refractivity contribution in [1.29, 1.82) is 0 Å². The summed E-state index contributed by atoms with van der Waals surface area (Å²) in [5.41, 5.74) is -0.0472. The van der Waals surface area contributed by atoms with Crippen LogP contribution in [0.15, 0.2) is 24.3 Å². The zero-order valence-electron chi connectivity index (χ0n) is 14.2. The van der Waals surface area contributed by atoms with Crippen LogP contribution in [0, 0.1) is 5.82 Å². The number of piperazine rings is 1. The number of rotatable bonds is 3. The Labute approximate surface area is 142 Å². The molecule has 0 N–H and O–H groups in total. The average Bonchev–Trinajstić information content (AvgIpc) is 2.48. The molecular formula is C16H23FN2O4S. The maximum absolute atomic E-state index is 12.9. The van der Waals surface area contributed by atoms with Crippen LogP contribution in [0.25, 0.3) is 0 Å². The van der Waals surface area contributed by atoms with Crippen molar-refractivity contribution in [2.24, 2.45) is 0 Å². The number of amides is 1. The molecular weight excluding hydrogens is 335 g/mol. The quantitative estimate of drug-likeness (QED) is 0.831. The smallest absolute Gasteiger partial charge is 0.410 e. The highest BCUT2D eigenvalue weighted by Crippen LogP contribution is 2.16. The molecule has 134 valence electrons. The topological polar surface area (TPSA) is 66.9 Å². The van der Waals surface area contributed by atoms with E-state index in [1.807, 2.05) is 0 Å². The Morgan fingerprint density at radius 1 is 1.12 bits per heavy atom. The van der Waals surface area contributed by atoms with Crippen molar-refractivity contribution in [3.05, 3.63) is 35.6 Å². The Hall–Kier alpha value is -1.67. The minimum Gasteiger partial charge on any atom is -0.444 e. The molecule has 1 aromatic rings. The van der Waals surface area contributed by atoms with Crippen molar-refractivity contribution in [1.82, 2.24) is 9.21 Å². The monoisotopic (exact) mass is 358 g/mol. The van der Waals surface area contributed by atoms with Crippen LogP contribution >= 0.6 is 0 Å². The first-order valence-corrected chi connectivity index (χ1v) is 9.38. The van der Waals surface area contributed by atoms with E-state index in [2.05, 4.69) is 0 Å². The summed E-state index contributed by atoms with van der Waals surface area (Å²) in [5.74, 6) is -0.582. The van der Waals surface area contributed by atoms with Gasteiger partial charge in [0.25, 0.3) is 0 Å². The highest BCUT2D eigenvalue weighted by molar-refractivity contribution is 7.88. The molecule has 0 bridgehead atoms. The number of ether oxygens (including phenoxy) is 1. The number of benzene rings is 1. The van der Waals surface area contributed by atoms with E-state index in [0.29, 0.717) is 5.56 Å². The number of carbonyl (C=O) groups excluding carboxylic acids is 1. The van der Waals surface area contributed by atoms with Crippen molar-refractivity contribution in [2.75, 3.05) is 26.2 Å². The van der Waals surface area contributed by atoms with Crippen LogP contribution in [-0.4, -0.2) is 55.5 Å². The lowest BCUT2D eigenvalue weighted by atomic mass is 10.2. The normalized spacial score (nSPS) is 16.9. The van der Waals surface area contributed by atoms with E-state index in [4.69, 9.17) is 4.74 Å². The summed E-state index contributed by atoms with van der Waals surface area (Å²) in [6.45, 7) is 6.39. The number of nitrogens with zero attached hydrogens (tertiary/aromatic N) is 2. The second-order valence-corrected chi connectivity index (χ2v) is 8.72. The van der Waals surface area contributed by atoms with Crippen LogP contribution < -0.4 is 0 Å². The molecule has 0 aliphatic carbocycles. The van der Waals surface area contributed by atoms with Crippen LogP contribution in [0.1, 0.15) is 26.3 Å². The summed E-state index contributed by atoms with van der Waals surface area (Å²) < 4.78 is 44.4. The zero-order valence-corrected chi connectivity index (χ0v) is 15.0. The van der Waals surface area contributed by atoms with Gasteiger partial charge < -0.3 is 9.64 Å². The van der Waals surface area contributed by atoms with Crippen LogP contribution in [0.4, 0.5) is 9.18 Å². The van der Waals surface area contributed by atoms with Gasteiger partial charge in [0.05, 0.1) is 5.75 Å². The Balaban J connectivity index is 1.93. The lowest BCUT2D eigenvalue weighted by Crippen LogP contribution is -2.51. The number of hydrogen-bond acceptors (Lipinski definition) is 4. The summed E-state index contributed by atoms with van der Waals surface area (Å²) in [4.78, 5) is 13.5. The van der Waals surface area contributed by atoms with E-state index in [9.17, 15) is 17.6 Å². The summed E-state index contributed by atoms with van der Waals surface area (Å²) in [6, 6.07) is 5.41. The summed E-state index contributed by atoms with van der Waals surface area (Å²) in [6.07, 6.45) is -0.432. The summed E-state index contributed by atoms with van der Waals surface area (Å²) >= 11 is 0. The van der Waals surface area contributed by atoms with E-state index in [1.165, 1.54) is 33.5 Å². The molecule has 24 heavy (non-hydrogen) atoms. The fourth-order valence-electron chi connectivity index (χ4n) is 2.36. The highest BCUT2D eigenvalue weighted by Gasteiger charge is 2.30. The van der Waals surface area contributed by atoms with Gasteiger partial charge in [0, 0.05) is 26.2 Å². The molecule has 0 saturated carbocycles. The van der Waals surface area contributed by atoms with Gasteiger partial charge >= 0.3 is 6.09 Å². The largest absolute Gasteiger partial charge is 0.444 e. The minimum absolute atomic E-state index is 0.181. The Morgan fingerprint density at radius 3 is 2.17 bits per heavy atom. The number of sulfonamides is 1. The van der Waals surface area contributed by atoms with Gasteiger partial charge in [-0.15, -0.1) is 0 Å². The molecule has 1 fully saturated rings. The number of halogens is 1. The van der Waals surface area contributed by atoms with E-state index in [0.717, 1.165) is 0 Å². The molecule has 0 unspecified atom stereocenters. The first-order valence-electron chi connectivity index (χ1n) is 7.77. The third kappa shape index (κ3) is 5.17. The van der Waals surface area contributed by atoms with Crippen LogP contribution in [0.3, 0.4) is 0 Å². The predicted octanol–water partition coefficient (Wildman–Crippen LogP) is 2.21. The van der Waals surface area contributed by atoms with Gasteiger partial charge in [0.1, 0.15) is 11.4 Å². The molecule has 1 aliphatic rings. The van der Waals surface area contributed by atoms with Gasteiger partial charge in [-0.3, -0.25) is 0 Å². The second kappa shape index (κ2) is 7.06. The first kappa shape index (κ1) is 18.7.